The number of phenols is 1. The largest absolute Gasteiger partial charge is 0.506 e. The van der Waals surface area contributed by atoms with Gasteiger partial charge in [0.1, 0.15) is 11.4 Å². The molecule has 0 saturated heterocycles. The average Bonchev–Trinajstić information content (AvgIpc) is 2.79. The molecule has 1 aromatic heterocycles. The van der Waals surface area contributed by atoms with E-state index >= 15 is 0 Å². The first-order valence-electron chi connectivity index (χ1n) is 8.05. The van der Waals surface area contributed by atoms with E-state index in [2.05, 4.69) is 61.5 Å². The summed E-state index contributed by atoms with van der Waals surface area (Å²) in [5, 5.41) is 9.84. The minimum Gasteiger partial charge on any atom is -0.506 e. The van der Waals surface area contributed by atoms with Crippen molar-refractivity contribution in [3.8, 4) is 11.4 Å². The summed E-state index contributed by atoms with van der Waals surface area (Å²) >= 11 is 0. The number of phenolic OH excluding ortho intramolecular Hbond substituents is 1. The van der Waals surface area contributed by atoms with Crippen molar-refractivity contribution < 1.29 is 5.11 Å². The standard InChI is InChI=1S/C21H22N2O/c1-14-9-15(2)11-19(10-14)23-16(3)12-18(17(23)4)13-22-20-7-5-6-8-21(20)24/h5-13,24H,1-4H3. The average molecular weight is 318 g/mol. The van der Waals surface area contributed by atoms with Crippen molar-refractivity contribution in [2.75, 3.05) is 0 Å². The zero-order valence-electron chi connectivity index (χ0n) is 14.5. The number of rotatable bonds is 3. The van der Waals surface area contributed by atoms with E-state index in [1.54, 1.807) is 18.2 Å². The number of benzene rings is 2. The normalized spacial score (nSPS) is 11.3. The summed E-state index contributed by atoms with van der Waals surface area (Å²) in [6.45, 7) is 8.43. The van der Waals surface area contributed by atoms with Crippen molar-refractivity contribution in [1.29, 1.82) is 0 Å². The van der Waals surface area contributed by atoms with E-state index in [-0.39, 0.29) is 5.75 Å². The molecule has 2 aromatic carbocycles. The minimum atomic E-state index is 0.192. The van der Waals surface area contributed by atoms with Crippen LogP contribution in [0.4, 0.5) is 5.69 Å². The third-order valence-electron chi connectivity index (χ3n) is 4.16. The number of aromatic nitrogens is 1. The number of hydrogen-bond acceptors (Lipinski definition) is 2. The maximum absolute atomic E-state index is 9.84. The molecule has 0 fully saturated rings. The Hall–Kier alpha value is -2.81. The molecular formula is C21H22N2O. The van der Waals surface area contributed by atoms with Gasteiger partial charge in [0, 0.05) is 28.9 Å². The third kappa shape index (κ3) is 3.11. The second kappa shape index (κ2) is 6.36. The first kappa shape index (κ1) is 16.1. The van der Waals surface area contributed by atoms with E-state index in [4.69, 9.17) is 0 Å². The van der Waals surface area contributed by atoms with Crippen LogP contribution in [-0.2, 0) is 0 Å². The van der Waals surface area contributed by atoms with Crippen molar-refractivity contribution in [3.05, 3.63) is 76.6 Å². The maximum atomic E-state index is 9.84. The predicted molar refractivity (Wildman–Crippen MR) is 100 cm³/mol. The Labute approximate surface area is 142 Å². The molecule has 0 radical (unpaired) electrons. The van der Waals surface area contributed by atoms with Gasteiger partial charge in [-0.25, -0.2) is 0 Å². The number of hydrogen-bond donors (Lipinski definition) is 1. The van der Waals surface area contributed by atoms with Gasteiger partial charge in [0.15, 0.2) is 0 Å². The van der Waals surface area contributed by atoms with Crippen LogP contribution in [0.15, 0.2) is 53.5 Å². The van der Waals surface area contributed by atoms with Gasteiger partial charge >= 0.3 is 0 Å². The Morgan fingerprint density at radius 3 is 2.25 bits per heavy atom. The Kier molecular flexibility index (Phi) is 4.26. The third-order valence-corrected chi connectivity index (χ3v) is 4.16. The number of para-hydroxylation sites is 2. The van der Waals surface area contributed by atoms with Crippen LogP contribution in [0.3, 0.4) is 0 Å². The molecule has 0 atom stereocenters. The van der Waals surface area contributed by atoms with Crippen LogP contribution in [0, 0.1) is 27.7 Å². The molecule has 24 heavy (non-hydrogen) atoms. The minimum absolute atomic E-state index is 0.192. The van der Waals surface area contributed by atoms with Gasteiger partial charge in [-0.1, -0.05) is 18.2 Å². The smallest absolute Gasteiger partial charge is 0.141 e. The fraction of sp³-hybridized carbons (Fsp3) is 0.190. The van der Waals surface area contributed by atoms with E-state index in [9.17, 15) is 5.11 Å². The quantitative estimate of drug-likeness (QED) is 0.665. The SMILES string of the molecule is Cc1cc(C)cc(-n2c(C)cc(C=Nc3ccccc3O)c2C)c1. The first-order chi connectivity index (χ1) is 11.5. The van der Waals surface area contributed by atoms with Crippen LogP contribution >= 0.6 is 0 Å². The highest BCUT2D eigenvalue weighted by Crippen LogP contribution is 2.26. The lowest BCUT2D eigenvalue weighted by Gasteiger charge is -2.11. The van der Waals surface area contributed by atoms with Crippen molar-refractivity contribution in [2.45, 2.75) is 27.7 Å². The Morgan fingerprint density at radius 2 is 1.58 bits per heavy atom. The molecule has 122 valence electrons. The van der Waals surface area contributed by atoms with E-state index in [1.807, 2.05) is 12.3 Å². The van der Waals surface area contributed by atoms with Crippen LogP contribution in [0.25, 0.3) is 5.69 Å². The fourth-order valence-electron chi connectivity index (χ4n) is 3.11. The van der Waals surface area contributed by atoms with Crippen LogP contribution in [0.2, 0.25) is 0 Å². The van der Waals surface area contributed by atoms with E-state index in [1.165, 1.54) is 16.8 Å². The Bertz CT molecular complexity index is 899. The van der Waals surface area contributed by atoms with Gasteiger partial charge in [-0.3, -0.25) is 4.99 Å². The van der Waals surface area contributed by atoms with Crippen LogP contribution < -0.4 is 0 Å². The van der Waals surface area contributed by atoms with E-state index in [0.717, 1.165) is 17.0 Å². The molecule has 3 aromatic rings. The molecule has 3 nitrogen and oxygen atoms in total. The molecule has 0 spiro atoms. The van der Waals surface area contributed by atoms with Gasteiger partial charge in [-0.2, -0.15) is 0 Å². The van der Waals surface area contributed by atoms with Gasteiger partial charge in [-0.15, -0.1) is 0 Å². The Balaban J connectivity index is 2.02. The molecule has 3 rings (SSSR count). The van der Waals surface area contributed by atoms with Gasteiger partial charge in [0.05, 0.1) is 0 Å². The highest BCUT2D eigenvalue weighted by molar-refractivity contribution is 5.85. The lowest BCUT2D eigenvalue weighted by Crippen LogP contribution is -2.00. The summed E-state index contributed by atoms with van der Waals surface area (Å²) in [6.07, 6.45) is 1.82. The second-order valence-electron chi connectivity index (χ2n) is 6.25. The van der Waals surface area contributed by atoms with Gasteiger partial charge < -0.3 is 9.67 Å². The molecule has 0 aliphatic heterocycles. The van der Waals surface area contributed by atoms with E-state index < -0.39 is 0 Å². The highest BCUT2D eigenvalue weighted by atomic mass is 16.3. The molecule has 0 amide bonds. The summed E-state index contributed by atoms with van der Waals surface area (Å²) in [5.41, 5.74) is 7.60. The summed E-state index contributed by atoms with van der Waals surface area (Å²) in [6, 6.07) is 15.8. The number of nitrogens with zero attached hydrogens (tertiary/aromatic N) is 2. The maximum Gasteiger partial charge on any atom is 0.141 e. The first-order valence-corrected chi connectivity index (χ1v) is 8.05. The van der Waals surface area contributed by atoms with Crippen molar-refractivity contribution in [1.82, 2.24) is 4.57 Å². The molecule has 3 heteroatoms. The van der Waals surface area contributed by atoms with Crippen molar-refractivity contribution in [2.24, 2.45) is 4.99 Å². The van der Waals surface area contributed by atoms with Crippen LogP contribution in [0.1, 0.15) is 28.1 Å². The predicted octanol–water partition coefficient (Wildman–Crippen LogP) is 5.17. The molecule has 0 aliphatic rings. The number of aryl methyl sites for hydroxylation is 3. The summed E-state index contributed by atoms with van der Waals surface area (Å²) in [4.78, 5) is 4.43. The van der Waals surface area contributed by atoms with Gasteiger partial charge in [-0.05, 0) is 69.2 Å². The fourth-order valence-corrected chi connectivity index (χ4v) is 3.11. The molecular weight excluding hydrogens is 296 g/mol. The van der Waals surface area contributed by atoms with Crippen molar-refractivity contribution >= 4 is 11.9 Å². The number of aliphatic imine (C=N–C) groups is 1. The lowest BCUT2D eigenvalue weighted by atomic mass is 10.1. The van der Waals surface area contributed by atoms with Gasteiger partial charge in [0.25, 0.3) is 0 Å². The zero-order valence-corrected chi connectivity index (χ0v) is 14.5. The highest BCUT2D eigenvalue weighted by Gasteiger charge is 2.10. The molecule has 0 saturated carbocycles. The molecule has 0 aliphatic carbocycles. The number of aromatic hydroxyl groups is 1. The second-order valence-corrected chi connectivity index (χ2v) is 6.25. The Morgan fingerprint density at radius 1 is 0.917 bits per heavy atom. The van der Waals surface area contributed by atoms with Crippen LogP contribution in [0.5, 0.6) is 5.75 Å². The molecule has 1 N–H and O–H groups in total. The van der Waals surface area contributed by atoms with Crippen molar-refractivity contribution in [3.63, 3.8) is 0 Å². The summed E-state index contributed by atoms with van der Waals surface area (Å²) < 4.78 is 2.24. The molecule has 0 unspecified atom stereocenters. The molecule has 1 heterocycles. The molecule has 0 bridgehead atoms. The monoisotopic (exact) mass is 318 g/mol. The topological polar surface area (TPSA) is 37.5 Å². The zero-order chi connectivity index (χ0) is 17.3. The van der Waals surface area contributed by atoms with Crippen LogP contribution in [-0.4, -0.2) is 15.9 Å². The lowest BCUT2D eigenvalue weighted by molar-refractivity contribution is 0.477. The van der Waals surface area contributed by atoms with Gasteiger partial charge in [0.2, 0.25) is 0 Å². The summed E-state index contributed by atoms with van der Waals surface area (Å²) in [7, 11) is 0. The van der Waals surface area contributed by atoms with E-state index in [0.29, 0.717) is 5.69 Å². The summed E-state index contributed by atoms with van der Waals surface area (Å²) in [5.74, 6) is 0.192.